The zero-order valence-electron chi connectivity index (χ0n) is 16.4. The molecule has 0 fully saturated rings. The number of rotatable bonds is 5. The first kappa shape index (κ1) is 18.5. The number of aromatic amines is 1. The average molecular weight is 379 g/mol. The first-order valence-electron chi connectivity index (χ1n) is 9.45. The molecule has 5 nitrogen and oxygen atoms in total. The molecule has 142 valence electrons. The average Bonchev–Trinajstić information content (AvgIpc) is 3.22. The minimum absolute atomic E-state index is 0.575. The third kappa shape index (κ3) is 4.02. The van der Waals surface area contributed by atoms with Gasteiger partial charge in [-0.2, -0.15) is 10.4 Å². The lowest BCUT2D eigenvalue weighted by molar-refractivity contribution is 0.976. The van der Waals surface area contributed by atoms with Gasteiger partial charge in [0.1, 0.15) is 5.82 Å². The molecular formula is C24H21N5. The predicted molar refractivity (Wildman–Crippen MR) is 115 cm³/mol. The number of anilines is 1. The summed E-state index contributed by atoms with van der Waals surface area (Å²) in [6.07, 6.45) is 1.80. The fraction of sp³-hybridized carbons (Fsp3) is 0.125. The molecule has 0 spiro atoms. The van der Waals surface area contributed by atoms with Crippen LogP contribution in [-0.2, 0) is 6.54 Å². The molecule has 0 unspecified atom stereocenters. The summed E-state index contributed by atoms with van der Waals surface area (Å²) in [5, 5.41) is 20.0. The van der Waals surface area contributed by atoms with E-state index in [0.29, 0.717) is 12.1 Å². The minimum atomic E-state index is 0.575. The molecule has 0 saturated carbocycles. The Kier molecular flexibility index (Phi) is 5.08. The summed E-state index contributed by atoms with van der Waals surface area (Å²) in [6.45, 7) is 4.64. The van der Waals surface area contributed by atoms with E-state index < -0.39 is 0 Å². The number of pyridine rings is 1. The van der Waals surface area contributed by atoms with Crippen LogP contribution in [0.1, 0.15) is 22.4 Å². The normalized spacial score (nSPS) is 10.5. The number of hydrogen-bond donors (Lipinski definition) is 2. The molecule has 0 amide bonds. The Hall–Kier alpha value is -3.91. The summed E-state index contributed by atoms with van der Waals surface area (Å²) in [6, 6.07) is 22.3. The summed E-state index contributed by atoms with van der Waals surface area (Å²) in [5.74, 6) is 0.787. The summed E-state index contributed by atoms with van der Waals surface area (Å²) in [5.41, 5.74) is 8.09. The molecule has 4 aromatic rings. The SMILES string of the molecule is Cc1cc(C#N)cc(C)c1-c1ccnc(NCc2cc(-c3ccccc3)[nH]n2)c1. The highest BCUT2D eigenvalue weighted by Crippen LogP contribution is 2.29. The Balaban J connectivity index is 1.52. The van der Waals surface area contributed by atoms with Gasteiger partial charge >= 0.3 is 0 Å². The molecule has 29 heavy (non-hydrogen) atoms. The molecule has 2 aromatic carbocycles. The van der Waals surface area contributed by atoms with E-state index in [4.69, 9.17) is 5.26 Å². The number of H-pyrrole nitrogens is 1. The van der Waals surface area contributed by atoms with E-state index in [1.165, 1.54) is 0 Å². The van der Waals surface area contributed by atoms with Crippen LogP contribution in [0.4, 0.5) is 5.82 Å². The second-order valence-electron chi connectivity index (χ2n) is 7.02. The summed E-state index contributed by atoms with van der Waals surface area (Å²) in [7, 11) is 0. The fourth-order valence-electron chi connectivity index (χ4n) is 3.57. The third-order valence-corrected chi connectivity index (χ3v) is 4.88. The van der Waals surface area contributed by atoms with Crippen molar-refractivity contribution in [2.45, 2.75) is 20.4 Å². The lowest BCUT2D eigenvalue weighted by Gasteiger charge is -2.12. The van der Waals surface area contributed by atoms with Gasteiger partial charge in [-0.15, -0.1) is 0 Å². The molecule has 2 N–H and O–H groups in total. The van der Waals surface area contributed by atoms with E-state index in [1.807, 2.05) is 62.4 Å². The Bertz CT molecular complexity index is 1160. The minimum Gasteiger partial charge on any atom is -0.364 e. The standard InChI is InChI=1S/C24H21N5/c1-16-10-18(14-25)11-17(2)24(16)20-8-9-26-23(12-20)27-15-21-13-22(29-28-21)19-6-4-3-5-7-19/h3-13H,15H2,1-2H3,(H,26,27)(H,28,29). The van der Waals surface area contributed by atoms with Gasteiger partial charge in [-0.05, 0) is 72.0 Å². The van der Waals surface area contributed by atoms with Gasteiger partial charge in [-0.1, -0.05) is 30.3 Å². The molecule has 0 aliphatic rings. The molecule has 2 aromatic heterocycles. The van der Waals surface area contributed by atoms with Crippen LogP contribution in [-0.4, -0.2) is 15.2 Å². The highest BCUT2D eigenvalue weighted by atomic mass is 15.1. The van der Waals surface area contributed by atoms with E-state index in [-0.39, 0.29) is 0 Å². The monoisotopic (exact) mass is 379 g/mol. The second-order valence-corrected chi connectivity index (χ2v) is 7.02. The number of aryl methyl sites for hydroxylation is 2. The van der Waals surface area contributed by atoms with Gasteiger partial charge in [-0.25, -0.2) is 4.98 Å². The predicted octanol–water partition coefficient (Wildman–Crippen LogP) is 5.24. The van der Waals surface area contributed by atoms with Crippen molar-refractivity contribution < 1.29 is 0 Å². The van der Waals surface area contributed by atoms with Gasteiger partial charge in [0.15, 0.2) is 0 Å². The maximum atomic E-state index is 9.17. The smallest absolute Gasteiger partial charge is 0.126 e. The van der Waals surface area contributed by atoms with E-state index >= 15 is 0 Å². The van der Waals surface area contributed by atoms with Crippen molar-refractivity contribution in [2.24, 2.45) is 0 Å². The fourth-order valence-corrected chi connectivity index (χ4v) is 3.57. The quantitative estimate of drug-likeness (QED) is 0.497. The maximum absolute atomic E-state index is 9.17. The van der Waals surface area contributed by atoms with Crippen molar-refractivity contribution in [3.8, 4) is 28.5 Å². The van der Waals surface area contributed by atoms with Crippen LogP contribution in [0.2, 0.25) is 0 Å². The molecular weight excluding hydrogens is 358 g/mol. The Morgan fingerprint density at radius 2 is 1.72 bits per heavy atom. The van der Waals surface area contributed by atoms with E-state index in [1.54, 1.807) is 6.20 Å². The molecule has 0 aliphatic carbocycles. The Morgan fingerprint density at radius 3 is 2.45 bits per heavy atom. The first-order valence-corrected chi connectivity index (χ1v) is 9.45. The number of nitriles is 1. The molecule has 4 rings (SSSR count). The lowest BCUT2D eigenvalue weighted by Crippen LogP contribution is -2.02. The second kappa shape index (κ2) is 7.99. The van der Waals surface area contributed by atoms with Gasteiger partial charge in [0.25, 0.3) is 0 Å². The number of nitrogens with one attached hydrogen (secondary N) is 2. The third-order valence-electron chi connectivity index (χ3n) is 4.88. The van der Waals surface area contributed by atoms with Gasteiger partial charge in [0, 0.05) is 6.20 Å². The molecule has 0 radical (unpaired) electrons. The number of benzene rings is 2. The highest BCUT2D eigenvalue weighted by molar-refractivity contribution is 5.73. The molecule has 0 saturated heterocycles. The van der Waals surface area contributed by atoms with E-state index in [9.17, 15) is 0 Å². The van der Waals surface area contributed by atoms with Gasteiger partial charge in [-0.3, -0.25) is 5.10 Å². The van der Waals surface area contributed by atoms with E-state index in [2.05, 4.69) is 38.7 Å². The summed E-state index contributed by atoms with van der Waals surface area (Å²) >= 11 is 0. The zero-order chi connectivity index (χ0) is 20.2. The van der Waals surface area contributed by atoms with Gasteiger partial charge in [0.05, 0.1) is 29.6 Å². The van der Waals surface area contributed by atoms with Crippen LogP contribution in [0.25, 0.3) is 22.4 Å². The van der Waals surface area contributed by atoms with E-state index in [0.717, 1.165) is 45.0 Å². The highest BCUT2D eigenvalue weighted by Gasteiger charge is 2.09. The van der Waals surface area contributed by atoms with Crippen molar-refractivity contribution in [3.63, 3.8) is 0 Å². The van der Waals surface area contributed by atoms with Crippen LogP contribution in [0.15, 0.2) is 66.9 Å². The first-order chi connectivity index (χ1) is 14.1. The van der Waals surface area contributed by atoms with Crippen molar-refractivity contribution in [1.29, 1.82) is 5.26 Å². The van der Waals surface area contributed by atoms with Crippen LogP contribution in [0.3, 0.4) is 0 Å². The van der Waals surface area contributed by atoms with Gasteiger partial charge < -0.3 is 5.32 Å². The summed E-state index contributed by atoms with van der Waals surface area (Å²) in [4.78, 5) is 4.44. The molecule has 2 heterocycles. The zero-order valence-corrected chi connectivity index (χ0v) is 16.4. The van der Waals surface area contributed by atoms with Crippen molar-refractivity contribution in [1.82, 2.24) is 15.2 Å². The molecule has 0 atom stereocenters. The van der Waals surface area contributed by atoms with Crippen LogP contribution >= 0.6 is 0 Å². The molecule has 0 aliphatic heterocycles. The summed E-state index contributed by atoms with van der Waals surface area (Å²) < 4.78 is 0. The maximum Gasteiger partial charge on any atom is 0.126 e. The number of nitrogens with zero attached hydrogens (tertiary/aromatic N) is 3. The van der Waals surface area contributed by atoms with Crippen molar-refractivity contribution >= 4 is 5.82 Å². The molecule has 5 heteroatoms. The largest absolute Gasteiger partial charge is 0.364 e. The van der Waals surface area contributed by atoms with Crippen LogP contribution in [0, 0.1) is 25.2 Å². The van der Waals surface area contributed by atoms with Crippen LogP contribution < -0.4 is 5.32 Å². The van der Waals surface area contributed by atoms with Gasteiger partial charge in [0.2, 0.25) is 0 Å². The topological polar surface area (TPSA) is 77.4 Å². The van der Waals surface area contributed by atoms with Crippen molar-refractivity contribution in [3.05, 3.63) is 89.2 Å². The lowest BCUT2D eigenvalue weighted by atomic mass is 9.94. The van der Waals surface area contributed by atoms with Crippen LogP contribution in [0.5, 0.6) is 0 Å². The Morgan fingerprint density at radius 1 is 0.966 bits per heavy atom. The molecule has 0 bridgehead atoms. The number of aromatic nitrogens is 3. The number of hydrogen-bond acceptors (Lipinski definition) is 4. The Labute approximate surface area is 170 Å². The van der Waals surface area contributed by atoms with Crippen molar-refractivity contribution in [2.75, 3.05) is 5.32 Å².